The van der Waals surface area contributed by atoms with Crippen molar-refractivity contribution in [2.24, 2.45) is 0 Å². The summed E-state index contributed by atoms with van der Waals surface area (Å²) in [6, 6.07) is 14.9. The molecule has 0 saturated carbocycles. The van der Waals surface area contributed by atoms with Crippen molar-refractivity contribution >= 4 is 31.7 Å². The molecule has 29 heavy (non-hydrogen) atoms. The summed E-state index contributed by atoms with van der Waals surface area (Å²) in [5, 5.41) is 0. The zero-order valence-electron chi connectivity index (χ0n) is 16.0. The topological polar surface area (TPSA) is 66.9 Å². The van der Waals surface area contributed by atoms with Crippen LogP contribution in [0.1, 0.15) is 16.8 Å². The van der Waals surface area contributed by atoms with Gasteiger partial charge in [-0.1, -0.05) is 34.1 Å². The minimum atomic E-state index is -2.90. The summed E-state index contributed by atoms with van der Waals surface area (Å²) >= 11 is 3.43. The average Bonchev–Trinajstić information content (AvgIpc) is 3.08. The van der Waals surface area contributed by atoms with Crippen LogP contribution < -0.4 is 4.74 Å². The van der Waals surface area contributed by atoms with Gasteiger partial charge in [0, 0.05) is 36.7 Å². The fraction of sp³-hybridized carbons (Fsp3) is 0.381. The Labute approximate surface area is 179 Å². The molecule has 0 spiro atoms. The lowest BCUT2D eigenvalue weighted by molar-refractivity contribution is 0.0585. The first-order valence-corrected chi connectivity index (χ1v) is 12.3. The maximum absolute atomic E-state index is 13.1. The van der Waals surface area contributed by atoms with Gasteiger partial charge in [0.25, 0.3) is 5.91 Å². The van der Waals surface area contributed by atoms with Crippen molar-refractivity contribution in [3.8, 4) is 11.5 Å². The Hall–Kier alpha value is -1.90. The molecule has 0 aliphatic carbocycles. The highest BCUT2D eigenvalue weighted by atomic mass is 79.9. The second-order valence-corrected chi connectivity index (χ2v) is 10.6. The largest absolute Gasteiger partial charge is 0.456 e. The summed E-state index contributed by atoms with van der Waals surface area (Å²) < 4.78 is 30.4. The molecule has 2 aromatic rings. The molecule has 0 bridgehead atoms. The van der Waals surface area contributed by atoms with Gasteiger partial charge in [-0.25, -0.2) is 8.42 Å². The molecule has 6 nitrogen and oxygen atoms in total. The zero-order chi connectivity index (χ0) is 20.4. The predicted octanol–water partition coefficient (Wildman–Crippen LogP) is 3.19. The van der Waals surface area contributed by atoms with Gasteiger partial charge in [-0.3, -0.25) is 9.69 Å². The molecule has 1 atom stereocenters. The Kier molecular flexibility index (Phi) is 5.94. The maximum Gasteiger partial charge on any atom is 0.257 e. The maximum atomic E-state index is 13.1. The van der Waals surface area contributed by atoms with E-state index < -0.39 is 9.84 Å². The number of sulfone groups is 1. The molecule has 1 unspecified atom stereocenters. The molecule has 0 radical (unpaired) electrons. The molecule has 2 aliphatic heterocycles. The highest BCUT2D eigenvalue weighted by molar-refractivity contribution is 9.10. The first-order chi connectivity index (χ1) is 13.9. The van der Waals surface area contributed by atoms with Crippen molar-refractivity contribution in [2.75, 3.05) is 37.7 Å². The minimum absolute atomic E-state index is 0.0608. The van der Waals surface area contributed by atoms with Crippen LogP contribution in [0.2, 0.25) is 0 Å². The van der Waals surface area contributed by atoms with Crippen molar-refractivity contribution < 1.29 is 17.9 Å². The van der Waals surface area contributed by atoms with Crippen molar-refractivity contribution in [1.82, 2.24) is 9.80 Å². The van der Waals surface area contributed by atoms with Crippen LogP contribution in [-0.2, 0) is 9.84 Å². The van der Waals surface area contributed by atoms with E-state index in [9.17, 15) is 13.2 Å². The molecule has 0 aromatic heterocycles. The lowest BCUT2D eigenvalue weighted by Gasteiger charge is -2.37. The molecule has 154 valence electrons. The number of halogens is 1. The van der Waals surface area contributed by atoms with Gasteiger partial charge in [-0.15, -0.1) is 0 Å². The molecular formula is C21H23BrN2O4S. The van der Waals surface area contributed by atoms with E-state index in [2.05, 4.69) is 20.8 Å². The van der Waals surface area contributed by atoms with Gasteiger partial charge in [0.2, 0.25) is 0 Å². The molecule has 2 aromatic carbocycles. The van der Waals surface area contributed by atoms with E-state index in [4.69, 9.17) is 4.74 Å². The third-order valence-corrected chi connectivity index (χ3v) is 7.71. The van der Waals surface area contributed by atoms with Crippen LogP contribution in [-0.4, -0.2) is 67.9 Å². The monoisotopic (exact) mass is 478 g/mol. The van der Waals surface area contributed by atoms with E-state index in [-0.39, 0.29) is 23.5 Å². The summed E-state index contributed by atoms with van der Waals surface area (Å²) in [5.41, 5.74) is 0.532. The van der Waals surface area contributed by atoms with Crippen LogP contribution in [0.25, 0.3) is 0 Å². The number of nitrogens with zero attached hydrogens (tertiary/aromatic N) is 2. The van der Waals surface area contributed by atoms with Gasteiger partial charge in [0.1, 0.15) is 11.5 Å². The van der Waals surface area contributed by atoms with Crippen molar-refractivity contribution in [3.63, 3.8) is 0 Å². The third kappa shape index (κ3) is 4.82. The molecule has 2 saturated heterocycles. The average molecular weight is 479 g/mol. The zero-order valence-corrected chi connectivity index (χ0v) is 18.4. The highest BCUT2D eigenvalue weighted by Gasteiger charge is 2.34. The van der Waals surface area contributed by atoms with Crippen LogP contribution in [0.15, 0.2) is 53.0 Å². The predicted molar refractivity (Wildman–Crippen MR) is 115 cm³/mol. The Morgan fingerprint density at radius 2 is 1.79 bits per heavy atom. The van der Waals surface area contributed by atoms with E-state index in [0.717, 1.165) is 4.47 Å². The van der Waals surface area contributed by atoms with Gasteiger partial charge in [-0.05, 0) is 36.8 Å². The van der Waals surface area contributed by atoms with Crippen molar-refractivity contribution in [2.45, 2.75) is 12.5 Å². The van der Waals surface area contributed by atoms with Crippen molar-refractivity contribution in [1.29, 1.82) is 0 Å². The number of piperazine rings is 1. The number of amides is 1. The quantitative estimate of drug-likeness (QED) is 0.674. The molecule has 1 amide bonds. The second kappa shape index (κ2) is 8.45. The highest BCUT2D eigenvalue weighted by Crippen LogP contribution is 2.28. The Morgan fingerprint density at radius 1 is 1.03 bits per heavy atom. The number of benzene rings is 2. The van der Waals surface area contributed by atoms with Crippen LogP contribution in [0.4, 0.5) is 0 Å². The van der Waals surface area contributed by atoms with Gasteiger partial charge < -0.3 is 9.64 Å². The summed E-state index contributed by atoms with van der Waals surface area (Å²) in [4.78, 5) is 17.2. The molecule has 2 heterocycles. The SMILES string of the molecule is O=C(c1ccccc1Oc1cccc(Br)c1)N1CCN(C2CCS(=O)(=O)C2)CC1. The van der Waals surface area contributed by atoms with Gasteiger partial charge >= 0.3 is 0 Å². The summed E-state index contributed by atoms with van der Waals surface area (Å²) in [6.07, 6.45) is 0.694. The first-order valence-electron chi connectivity index (χ1n) is 9.67. The third-order valence-electron chi connectivity index (χ3n) is 5.47. The number of carbonyl (C=O) groups is 1. The Balaban J connectivity index is 1.43. The number of rotatable bonds is 4. The van der Waals surface area contributed by atoms with Crippen LogP contribution >= 0.6 is 15.9 Å². The van der Waals surface area contributed by atoms with Gasteiger partial charge in [0.15, 0.2) is 9.84 Å². The molecule has 4 rings (SSSR count). The number of hydrogen-bond acceptors (Lipinski definition) is 5. The molecule has 2 fully saturated rings. The minimum Gasteiger partial charge on any atom is -0.456 e. The first kappa shape index (κ1) is 20.4. The summed E-state index contributed by atoms with van der Waals surface area (Å²) in [5.74, 6) is 1.64. The van der Waals surface area contributed by atoms with Crippen LogP contribution in [0.3, 0.4) is 0 Å². The number of hydrogen-bond donors (Lipinski definition) is 0. The Bertz CT molecular complexity index is 1000. The molecule has 2 aliphatic rings. The molecule has 0 N–H and O–H groups in total. The fourth-order valence-corrected chi connectivity index (χ4v) is 6.05. The molecular weight excluding hydrogens is 456 g/mol. The number of carbonyl (C=O) groups excluding carboxylic acids is 1. The van der Waals surface area contributed by atoms with Crippen molar-refractivity contribution in [3.05, 3.63) is 58.6 Å². The van der Waals surface area contributed by atoms with Gasteiger partial charge in [-0.2, -0.15) is 0 Å². The van der Waals surface area contributed by atoms with Gasteiger partial charge in [0.05, 0.1) is 17.1 Å². The summed E-state index contributed by atoms with van der Waals surface area (Å²) in [6.45, 7) is 2.56. The fourth-order valence-electron chi connectivity index (χ4n) is 3.91. The number of para-hydroxylation sites is 1. The van der Waals surface area contributed by atoms with E-state index in [0.29, 0.717) is 49.7 Å². The second-order valence-electron chi connectivity index (χ2n) is 7.44. The standard InChI is InChI=1S/C21H23BrN2O4S/c22-16-4-3-5-18(14-16)28-20-7-2-1-6-19(20)21(25)24-11-9-23(10-12-24)17-8-13-29(26,27)15-17/h1-7,14,17H,8-13,15H2. The van der Waals surface area contributed by atoms with Crippen LogP contribution in [0, 0.1) is 0 Å². The van der Waals surface area contributed by atoms with Crippen LogP contribution in [0.5, 0.6) is 11.5 Å². The molecule has 8 heteroatoms. The lowest BCUT2D eigenvalue weighted by Crippen LogP contribution is -2.52. The lowest BCUT2D eigenvalue weighted by atomic mass is 10.1. The van der Waals surface area contributed by atoms with E-state index >= 15 is 0 Å². The smallest absolute Gasteiger partial charge is 0.257 e. The summed E-state index contributed by atoms with van der Waals surface area (Å²) in [7, 11) is -2.90. The number of ether oxygens (including phenoxy) is 1. The van der Waals surface area contributed by atoms with E-state index in [1.54, 1.807) is 12.1 Å². The van der Waals surface area contributed by atoms with E-state index in [1.807, 2.05) is 41.3 Å². The Morgan fingerprint density at radius 3 is 2.48 bits per heavy atom. The van der Waals surface area contributed by atoms with E-state index in [1.165, 1.54) is 0 Å². The normalized spacial score (nSPS) is 21.8.